The van der Waals surface area contributed by atoms with Crippen molar-refractivity contribution in [1.29, 1.82) is 0 Å². The number of benzene rings is 1. The molecule has 5 nitrogen and oxygen atoms in total. The van der Waals surface area contributed by atoms with Gasteiger partial charge in [0.1, 0.15) is 0 Å². The summed E-state index contributed by atoms with van der Waals surface area (Å²) in [4.78, 5) is 14.1. The molecule has 0 saturated heterocycles. The zero-order valence-corrected chi connectivity index (χ0v) is 8.97. The van der Waals surface area contributed by atoms with Crippen molar-refractivity contribution in [2.45, 2.75) is 12.8 Å². The van der Waals surface area contributed by atoms with Crippen LogP contribution < -0.4 is 5.32 Å². The van der Waals surface area contributed by atoms with Gasteiger partial charge >= 0.3 is 0 Å². The SMILES string of the molecule is [N-]=[N+]=NCCCNC(=O)Cc1ccccc1. The highest BCUT2D eigenvalue weighted by Crippen LogP contribution is 1.98. The highest BCUT2D eigenvalue weighted by molar-refractivity contribution is 5.78. The summed E-state index contributed by atoms with van der Waals surface area (Å²) in [6.45, 7) is 0.965. The molecule has 0 saturated carbocycles. The van der Waals surface area contributed by atoms with Gasteiger partial charge in [-0.2, -0.15) is 0 Å². The minimum Gasteiger partial charge on any atom is -0.356 e. The van der Waals surface area contributed by atoms with E-state index in [-0.39, 0.29) is 5.91 Å². The summed E-state index contributed by atoms with van der Waals surface area (Å²) in [5, 5.41) is 6.15. The molecule has 1 N–H and O–H groups in total. The lowest BCUT2D eigenvalue weighted by Gasteiger charge is -2.03. The van der Waals surface area contributed by atoms with Crippen LogP contribution in [-0.4, -0.2) is 19.0 Å². The quantitative estimate of drug-likeness (QED) is 0.337. The van der Waals surface area contributed by atoms with Gasteiger partial charge in [-0.15, -0.1) is 0 Å². The number of hydrogen-bond acceptors (Lipinski definition) is 2. The maximum absolute atomic E-state index is 11.4. The zero-order chi connectivity index (χ0) is 11.6. The van der Waals surface area contributed by atoms with Crippen LogP contribution in [0.1, 0.15) is 12.0 Å². The van der Waals surface area contributed by atoms with Gasteiger partial charge in [0.15, 0.2) is 0 Å². The predicted molar refractivity (Wildman–Crippen MR) is 61.8 cm³/mol. The third-order valence-corrected chi connectivity index (χ3v) is 2.03. The molecule has 0 bridgehead atoms. The number of amides is 1. The van der Waals surface area contributed by atoms with Crippen molar-refractivity contribution in [3.63, 3.8) is 0 Å². The Labute approximate surface area is 94.1 Å². The smallest absolute Gasteiger partial charge is 0.224 e. The van der Waals surface area contributed by atoms with Crippen molar-refractivity contribution >= 4 is 5.91 Å². The topological polar surface area (TPSA) is 77.9 Å². The molecular formula is C11H14N4O. The maximum atomic E-state index is 11.4. The number of hydrogen-bond donors (Lipinski definition) is 1. The Morgan fingerprint density at radius 3 is 2.81 bits per heavy atom. The molecular weight excluding hydrogens is 204 g/mol. The van der Waals surface area contributed by atoms with E-state index in [9.17, 15) is 4.79 Å². The van der Waals surface area contributed by atoms with Crippen LogP contribution in [0.25, 0.3) is 10.4 Å². The molecule has 0 aliphatic carbocycles. The van der Waals surface area contributed by atoms with Crippen LogP contribution in [0.2, 0.25) is 0 Å². The van der Waals surface area contributed by atoms with Crippen molar-refractivity contribution in [3.8, 4) is 0 Å². The fourth-order valence-electron chi connectivity index (χ4n) is 1.27. The molecule has 0 aliphatic heterocycles. The minimum atomic E-state index is -0.00728. The fourth-order valence-corrected chi connectivity index (χ4v) is 1.27. The lowest BCUT2D eigenvalue weighted by atomic mass is 10.1. The molecule has 0 aliphatic rings. The van der Waals surface area contributed by atoms with E-state index in [1.54, 1.807) is 0 Å². The van der Waals surface area contributed by atoms with Crippen molar-refractivity contribution in [2.24, 2.45) is 5.11 Å². The van der Waals surface area contributed by atoms with E-state index < -0.39 is 0 Å². The van der Waals surface area contributed by atoms with E-state index in [1.807, 2.05) is 30.3 Å². The van der Waals surface area contributed by atoms with E-state index in [2.05, 4.69) is 15.3 Å². The van der Waals surface area contributed by atoms with Gasteiger partial charge in [-0.1, -0.05) is 35.4 Å². The van der Waals surface area contributed by atoms with Gasteiger partial charge in [0.25, 0.3) is 0 Å². The summed E-state index contributed by atoms with van der Waals surface area (Å²) in [6, 6.07) is 9.56. The van der Waals surface area contributed by atoms with Crippen LogP contribution in [0.15, 0.2) is 35.4 Å². The summed E-state index contributed by atoms with van der Waals surface area (Å²) in [5.41, 5.74) is 9.04. The van der Waals surface area contributed by atoms with E-state index >= 15 is 0 Å². The highest BCUT2D eigenvalue weighted by atomic mass is 16.1. The first-order valence-corrected chi connectivity index (χ1v) is 5.14. The first kappa shape index (κ1) is 12.1. The summed E-state index contributed by atoms with van der Waals surface area (Å²) in [7, 11) is 0. The number of carbonyl (C=O) groups excluding carboxylic acids is 1. The van der Waals surface area contributed by atoms with Crippen molar-refractivity contribution in [3.05, 3.63) is 46.3 Å². The molecule has 0 unspecified atom stereocenters. The summed E-state index contributed by atoms with van der Waals surface area (Å²) in [6.07, 6.45) is 1.06. The summed E-state index contributed by atoms with van der Waals surface area (Å²) in [5.74, 6) is -0.00728. The third kappa shape index (κ3) is 5.02. The number of nitrogens with zero attached hydrogens (tertiary/aromatic N) is 3. The first-order chi connectivity index (χ1) is 7.83. The molecule has 5 heteroatoms. The molecule has 0 aromatic heterocycles. The average molecular weight is 218 g/mol. The summed E-state index contributed by atoms with van der Waals surface area (Å²) < 4.78 is 0. The second kappa shape index (κ2) is 7.31. The maximum Gasteiger partial charge on any atom is 0.224 e. The average Bonchev–Trinajstić information content (AvgIpc) is 2.30. The minimum absolute atomic E-state index is 0.00728. The molecule has 1 rings (SSSR count). The first-order valence-electron chi connectivity index (χ1n) is 5.14. The van der Waals surface area contributed by atoms with Crippen LogP contribution in [-0.2, 0) is 11.2 Å². The standard InChI is InChI=1S/C11H14N4O/c12-15-14-8-4-7-13-11(16)9-10-5-2-1-3-6-10/h1-3,5-6H,4,7-9H2,(H,13,16). The van der Waals surface area contributed by atoms with Gasteiger partial charge in [0.2, 0.25) is 5.91 Å². The van der Waals surface area contributed by atoms with Gasteiger partial charge in [-0.25, -0.2) is 0 Å². The molecule has 16 heavy (non-hydrogen) atoms. The Balaban J connectivity index is 2.19. The van der Waals surface area contributed by atoms with Gasteiger partial charge in [0.05, 0.1) is 6.42 Å². The van der Waals surface area contributed by atoms with Crippen LogP contribution in [0.4, 0.5) is 0 Å². The van der Waals surface area contributed by atoms with Crippen LogP contribution in [0.3, 0.4) is 0 Å². The van der Waals surface area contributed by atoms with E-state index in [4.69, 9.17) is 5.53 Å². The molecule has 0 fully saturated rings. The van der Waals surface area contributed by atoms with Gasteiger partial charge in [0, 0.05) is 18.0 Å². The summed E-state index contributed by atoms with van der Waals surface area (Å²) >= 11 is 0. The second-order valence-electron chi connectivity index (χ2n) is 3.32. The Morgan fingerprint density at radius 2 is 2.12 bits per heavy atom. The second-order valence-corrected chi connectivity index (χ2v) is 3.32. The molecule has 0 radical (unpaired) electrons. The zero-order valence-electron chi connectivity index (χ0n) is 8.97. The van der Waals surface area contributed by atoms with E-state index in [1.165, 1.54) is 0 Å². The van der Waals surface area contributed by atoms with Gasteiger partial charge in [-0.05, 0) is 17.5 Å². The molecule has 84 valence electrons. The van der Waals surface area contributed by atoms with Crippen LogP contribution >= 0.6 is 0 Å². The number of azide groups is 1. The van der Waals surface area contributed by atoms with Crippen LogP contribution in [0, 0.1) is 0 Å². The van der Waals surface area contributed by atoms with Gasteiger partial charge in [-0.3, -0.25) is 4.79 Å². The van der Waals surface area contributed by atoms with Crippen molar-refractivity contribution in [1.82, 2.24) is 5.32 Å². The Kier molecular flexibility index (Phi) is 5.52. The highest BCUT2D eigenvalue weighted by Gasteiger charge is 2.01. The predicted octanol–water partition coefficient (Wildman–Crippen LogP) is 2.05. The third-order valence-electron chi connectivity index (χ3n) is 2.03. The molecule has 0 atom stereocenters. The van der Waals surface area contributed by atoms with Crippen molar-refractivity contribution < 1.29 is 4.79 Å². The molecule has 1 amide bonds. The number of carbonyl (C=O) groups is 1. The monoisotopic (exact) mass is 218 g/mol. The van der Waals surface area contributed by atoms with Crippen LogP contribution in [0.5, 0.6) is 0 Å². The number of nitrogens with one attached hydrogen (secondary N) is 1. The van der Waals surface area contributed by atoms with Crippen molar-refractivity contribution in [2.75, 3.05) is 13.1 Å². The molecule has 1 aromatic rings. The molecule has 0 spiro atoms. The van der Waals surface area contributed by atoms with E-state index in [0.29, 0.717) is 25.9 Å². The largest absolute Gasteiger partial charge is 0.356 e. The molecule has 1 aromatic carbocycles. The lowest BCUT2D eigenvalue weighted by Crippen LogP contribution is -2.26. The Morgan fingerprint density at radius 1 is 1.38 bits per heavy atom. The van der Waals surface area contributed by atoms with E-state index in [0.717, 1.165) is 5.56 Å². The normalized spacial score (nSPS) is 9.25. The Hall–Kier alpha value is -2.00. The fraction of sp³-hybridized carbons (Fsp3) is 0.364. The van der Waals surface area contributed by atoms with Gasteiger partial charge < -0.3 is 5.32 Å². The number of rotatable bonds is 6. The lowest BCUT2D eigenvalue weighted by molar-refractivity contribution is -0.120. The molecule has 0 heterocycles. The Bertz CT molecular complexity index is 371.